The van der Waals surface area contributed by atoms with Crippen molar-refractivity contribution in [1.82, 2.24) is 14.9 Å². The second-order valence-electron chi connectivity index (χ2n) is 4.39. The molecule has 1 aromatic rings. The van der Waals surface area contributed by atoms with E-state index in [4.69, 9.17) is 5.84 Å². The number of hydrogen-bond donors (Lipinski definition) is 2. The summed E-state index contributed by atoms with van der Waals surface area (Å²) in [4.78, 5) is 11.1. The number of nitrogens with zero attached hydrogens (tertiary/aromatic N) is 3. The molecule has 1 atom stereocenters. The first-order valence-corrected chi connectivity index (χ1v) is 7.50. The van der Waals surface area contributed by atoms with E-state index in [-0.39, 0.29) is 0 Å². The Morgan fingerprint density at radius 3 is 2.78 bits per heavy atom. The number of nitrogens with two attached hydrogens (primary N) is 1. The van der Waals surface area contributed by atoms with E-state index in [1.807, 2.05) is 24.8 Å². The Morgan fingerprint density at radius 1 is 1.50 bits per heavy atom. The molecule has 1 heterocycles. The summed E-state index contributed by atoms with van der Waals surface area (Å²) in [6, 6.07) is 2.39. The zero-order chi connectivity index (χ0) is 13.5. The van der Waals surface area contributed by atoms with Gasteiger partial charge < -0.3 is 5.43 Å². The lowest BCUT2D eigenvalue weighted by molar-refractivity contribution is 0.242. The number of thioether (sulfide) groups is 1. The minimum atomic E-state index is 0.554. The standard InChI is InChI=1S/C12H23N5S/c1-5-10(8-18-4)17(3)7-12-14-9(2)6-11(15-12)16-13/h6,10H,5,7-8,13H2,1-4H3,(H,14,15,16). The van der Waals surface area contributed by atoms with E-state index in [2.05, 4.69) is 40.5 Å². The maximum absolute atomic E-state index is 5.39. The molecule has 0 saturated carbocycles. The highest BCUT2D eigenvalue weighted by Gasteiger charge is 2.14. The molecule has 6 heteroatoms. The molecular weight excluding hydrogens is 246 g/mol. The second-order valence-corrected chi connectivity index (χ2v) is 5.30. The molecule has 0 aliphatic rings. The summed E-state index contributed by atoms with van der Waals surface area (Å²) in [5, 5.41) is 0. The van der Waals surface area contributed by atoms with Crippen molar-refractivity contribution in [2.75, 3.05) is 24.5 Å². The molecule has 18 heavy (non-hydrogen) atoms. The predicted octanol–water partition coefficient (Wildman–Crippen LogP) is 1.64. The van der Waals surface area contributed by atoms with E-state index in [0.717, 1.165) is 30.2 Å². The van der Waals surface area contributed by atoms with Gasteiger partial charge in [-0.05, 0) is 26.6 Å². The zero-order valence-electron chi connectivity index (χ0n) is 11.6. The molecule has 0 aromatic carbocycles. The molecule has 0 fully saturated rings. The number of anilines is 1. The number of aryl methyl sites for hydroxylation is 1. The van der Waals surface area contributed by atoms with Gasteiger partial charge in [0.1, 0.15) is 11.6 Å². The average molecular weight is 269 g/mol. The fraction of sp³-hybridized carbons (Fsp3) is 0.667. The van der Waals surface area contributed by atoms with Crippen LogP contribution in [0, 0.1) is 6.92 Å². The highest BCUT2D eigenvalue weighted by Crippen LogP contribution is 2.12. The minimum absolute atomic E-state index is 0.554. The van der Waals surface area contributed by atoms with Crippen molar-refractivity contribution >= 4 is 17.6 Å². The van der Waals surface area contributed by atoms with Crippen LogP contribution in [-0.4, -0.2) is 40.0 Å². The van der Waals surface area contributed by atoms with Gasteiger partial charge in [-0.3, -0.25) is 4.90 Å². The maximum Gasteiger partial charge on any atom is 0.145 e. The van der Waals surface area contributed by atoms with E-state index < -0.39 is 0 Å². The van der Waals surface area contributed by atoms with Gasteiger partial charge in [-0.15, -0.1) is 0 Å². The van der Waals surface area contributed by atoms with Crippen LogP contribution in [0.15, 0.2) is 6.07 Å². The Kier molecular flexibility index (Phi) is 6.38. The second kappa shape index (κ2) is 7.56. The van der Waals surface area contributed by atoms with Crippen LogP contribution in [0.4, 0.5) is 5.82 Å². The molecule has 0 amide bonds. The van der Waals surface area contributed by atoms with Gasteiger partial charge in [0.25, 0.3) is 0 Å². The SMILES string of the molecule is CCC(CSC)N(C)Cc1nc(C)cc(NN)n1. The van der Waals surface area contributed by atoms with Gasteiger partial charge >= 0.3 is 0 Å². The number of aromatic nitrogens is 2. The van der Waals surface area contributed by atoms with Crippen LogP contribution < -0.4 is 11.3 Å². The highest BCUT2D eigenvalue weighted by molar-refractivity contribution is 7.98. The van der Waals surface area contributed by atoms with Crippen LogP contribution in [0.2, 0.25) is 0 Å². The molecule has 5 nitrogen and oxygen atoms in total. The van der Waals surface area contributed by atoms with Crippen molar-refractivity contribution in [2.45, 2.75) is 32.9 Å². The van der Waals surface area contributed by atoms with Gasteiger partial charge in [0.2, 0.25) is 0 Å². The quantitative estimate of drug-likeness (QED) is 0.579. The van der Waals surface area contributed by atoms with Crippen molar-refractivity contribution in [3.63, 3.8) is 0 Å². The Balaban J connectivity index is 2.73. The van der Waals surface area contributed by atoms with Crippen molar-refractivity contribution in [2.24, 2.45) is 5.84 Å². The van der Waals surface area contributed by atoms with E-state index in [9.17, 15) is 0 Å². The number of rotatable bonds is 7. The van der Waals surface area contributed by atoms with Gasteiger partial charge in [-0.2, -0.15) is 11.8 Å². The molecule has 1 unspecified atom stereocenters. The van der Waals surface area contributed by atoms with E-state index >= 15 is 0 Å². The Labute approximate surface area is 114 Å². The van der Waals surface area contributed by atoms with Crippen molar-refractivity contribution in [3.8, 4) is 0 Å². The van der Waals surface area contributed by atoms with Crippen molar-refractivity contribution in [3.05, 3.63) is 17.6 Å². The number of hydrazine groups is 1. The smallest absolute Gasteiger partial charge is 0.145 e. The van der Waals surface area contributed by atoms with E-state index in [1.54, 1.807) is 0 Å². The monoisotopic (exact) mass is 269 g/mol. The first-order chi connectivity index (χ1) is 8.60. The van der Waals surface area contributed by atoms with Gasteiger partial charge in [0.05, 0.1) is 6.54 Å². The summed E-state index contributed by atoms with van der Waals surface area (Å²) >= 11 is 1.87. The molecule has 0 saturated heterocycles. The minimum Gasteiger partial charge on any atom is -0.308 e. The molecule has 102 valence electrons. The number of nitrogens with one attached hydrogen (secondary N) is 1. The summed E-state index contributed by atoms with van der Waals surface area (Å²) in [6.07, 6.45) is 3.27. The fourth-order valence-electron chi connectivity index (χ4n) is 1.88. The summed E-state index contributed by atoms with van der Waals surface area (Å²) in [7, 11) is 2.12. The van der Waals surface area contributed by atoms with Crippen LogP contribution >= 0.6 is 11.8 Å². The third kappa shape index (κ3) is 4.44. The van der Waals surface area contributed by atoms with Gasteiger partial charge in [0.15, 0.2) is 0 Å². The average Bonchev–Trinajstić information content (AvgIpc) is 2.34. The molecule has 0 radical (unpaired) electrons. The van der Waals surface area contributed by atoms with Gasteiger partial charge in [0, 0.05) is 23.6 Å². The fourth-order valence-corrected chi connectivity index (χ4v) is 2.75. The van der Waals surface area contributed by atoms with Crippen LogP contribution in [0.5, 0.6) is 0 Å². The Bertz CT molecular complexity index is 371. The molecule has 3 N–H and O–H groups in total. The molecule has 1 rings (SSSR count). The van der Waals surface area contributed by atoms with E-state index in [1.165, 1.54) is 0 Å². The molecule has 0 spiro atoms. The zero-order valence-corrected chi connectivity index (χ0v) is 12.4. The van der Waals surface area contributed by atoms with Crippen molar-refractivity contribution < 1.29 is 0 Å². The molecule has 0 aliphatic carbocycles. The third-order valence-corrected chi connectivity index (χ3v) is 3.61. The first-order valence-electron chi connectivity index (χ1n) is 6.11. The summed E-state index contributed by atoms with van der Waals surface area (Å²) in [6.45, 7) is 4.90. The molecule has 0 bridgehead atoms. The Hall–Kier alpha value is -0.850. The first kappa shape index (κ1) is 15.2. The third-order valence-electron chi connectivity index (χ3n) is 2.89. The maximum atomic E-state index is 5.39. The molecule has 0 aliphatic heterocycles. The molecular formula is C12H23N5S. The van der Waals surface area contributed by atoms with Gasteiger partial charge in [-0.1, -0.05) is 6.92 Å². The lowest BCUT2D eigenvalue weighted by Crippen LogP contribution is -2.33. The summed E-state index contributed by atoms with van der Waals surface area (Å²) < 4.78 is 0. The largest absolute Gasteiger partial charge is 0.308 e. The number of hydrogen-bond acceptors (Lipinski definition) is 6. The topological polar surface area (TPSA) is 67.1 Å². The van der Waals surface area contributed by atoms with Crippen LogP contribution in [0.1, 0.15) is 24.9 Å². The summed E-state index contributed by atoms with van der Waals surface area (Å²) in [5.74, 6) is 8.00. The van der Waals surface area contributed by atoms with Crippen LogP contribution in [-0.2, 0) is 6.54 Å². The normalized spacial score (nSPS) is 12.8. The summed E-state index contributed by atoms with van der Waals surface area (Å²) in [5.41, 5.74) is 3.51. The lowest BCUT2D eigenvalue weighted by Gasteiger charge is -2.25. The Morgan fingerprint density at radius 2 is 2.22 bits per heavy atom. The lowest BCUT2D eigenvalue weighted by atomic mass is 10.2. The van der Waals surface area contributed by atoms with Crippen LogP contribution in [0.25, 0.3) is 0 Å². The predicted molar refractivity (Wildman–Crippen MR) is 78.5 cm³/mol. The highest BCUT2D eigenvalue weighted by atomic mass is 32.2. The van der Waals surface area contributed by atoms with Crippen molar-refractivity contribution in [1.29, 1.82) is 0 Å². The van der Waals surface area contributed by atoms with E-state index in [0.29, 0.717) is 11.9 Å². The number of nitrogen functional groups attached to an aromatic ring is 1. The van der Waals surface area contributed by atoms with Gasteiger partial charge in [-0.25, -0.2) is 15.8 Å². The van der Waals surface area contributed by atoms with Crippen LogP contribution in [0.3, 0.4) is 0 Å². The molecule has 1 aromatic heterocycles.